The lowest BCUT2D eigenvalue weighted by Crippen LogP contribution is -2.41. The van der Waals surface area contributed by atoms with E-state index in [1.807, 2.05) is 13.8 Å². The Morgan fingerprint density at radius 2 is 1.73 bits per heavy atom. The minimum Gasteiger partial charge on any atom is -0.304 e. The summed E-state index contributed by atoms with van der Waals surface area (Å²) in [5.74, 6) is 0.990. The quantitative estimate of drug-likeness (QED) is 0.596. The normalized spacial score (nSPS) is 28.9. The van der Waals surface area contributed by atoms with Crippen molar-refractivity contribution in [1.82, 2.24) is 4.90 Å². The van der Waals surface area contributed by atoms with E-state index in [1.54, 1.807) is 0 Å². The lowest BCUT2D eigenvalue weighted by molar-refractivity contribution is 0.116. The predicted molar refractivity (Wildman–Crippen MR) is 51.8 cm³/mol. The highest BCUT2D eigenvalue weighted by Gasteiger charge is 2.27. The summed E-state index contributed by atoms with van der Waals surface area (Å²) in [6.07, 6.45) is 2.84. The van der Waals surface area contributed by atoms with Crippen LogP contribution < -0.4 is 0 Å². The Morgan fingerprint density at radius 3 is 2.00 bits per heavy atom. The van der Waals surface area contributed by atoms with Crippen LogP contribution in [-0.2, 0) is 0 Å². The molecule has 68 valence electrons. The largest absolute Gasteiger partial charge is 0.304 e. The first-order valence-electron chi connectivity index (χ1n) is 4.94. The van der Waals surface area contributed by atoms with Crippen molar-refractivity contribution in [3.8, 4) is 0 Å². The third-order valence-electron chi connectivity index (χ3n) is 2.47. The second-order valence-electron chi connectivity index (χ2n) is 3.30. The fraction of sp³-hybridized carbons (Fsp3) is 1.00. The van der Waals surface area contributed by atoms with Crippen LogP contribution in [0.4, 0.5) is 0 Å². The SMILES string of the molecule is CC.CCN(C)C1CC(C)C1. The zero-order valence-electron chi connectivity index (χ0n) is 8.72. The smallest absolute Gasteiger partial charge is 0.00971 e. The molecular formula is C10H23N. The molecule has 0 amide bonds. The Bertz CT molecular complexity index is 84.9. The Morgan fingerprint density at radius 1 is 1.27 bits per heavy atom. The number of rotatable bonds is 2. The third kappa shape index (κ3) is 3.24. The highest BCUT2D eigenvalue weighted by atomic mass is 15.1. The summed E-state index contributed by atoms with van der Waals surface area (Å²) in [5.41, 5.74) is 0. The summed E-state index contributed by atoms with van der Waals surface area (Å²) < 4.78 is 0. The molecule has 1 aliphatic carbocycles. The van der Waals surface area contributed by atoms with E-state index < -0.39 is 0 Å². The molecule has 0 spiro atoms. The van der Waals surface area contributed by atoms with Gasteiger partial charge in [-0.05, 0) is 32.4 Å². The maximum Gasteiger partial charge on any atom is 0.00971 e. The molecule has 1 aliphatic rings. The van der Waals surface area contributed by atoms with Crippen molar-refractivity contribution in [3.05, 3.63) is 0 Å². The average molecular weight is 157 g/mol. The van der Waals surface area contributed by atoms with Gasteiger partial charge in [0.2, 0.25) is 0 Å². The zero-order chi connectivity index (χ0) is 8.85. The maximum atomic E-state index is 2.44. The molecule has 1 heteroatoms. The van der Waals surface area contributed by atoms with Gasteiger partial charge in [0, 0.05) is 6.04 Å². The van der Waals surface area contributed by atoms with E-state index in [0.717, 1.165) is 12.0 Å². The van der Waals surface area contributed by atoms with E-state index in [2.05, 4.69) is 25.8 Å². The van der Waals surface area contributed by atoms with Gasteiger partial charge in [-0.25, -0.2) is 0 Å². The van der Waals surface area contributed by atoms with E-state index in [0.29, 0.717) is 0 Å². The number of hydrogen-bond acceptors (Lipinski definition) is 1. The first kappa shape index (κ1) is 11.0. The van der Waals surface area contributed by atoms with Gasteiger partial charge >= 0.3 is 0 Å². The van der Waals surface area contributed by atoms with Gasteiger partial charge < -0.3 is 4.90 Å². The van der Waals surface area contributed by atoms with Crippen molar-refractivity contribution in [3.63, 3.8) is 0 Å². The van der Waals surface area contributed by atoms with E-state index in [1.165, 1.54) is 19.4 Å². The Kier molecular flexibility index (Phi) is 5.57. The fourth-order valence-corrected chi connectivity index (χ4v) is 1.48. The van der Waals surface area contributed by atoms with Gasteiger partial charge in [0.25, 0.3) is 0 Å². The van der Waals surface area contributed by atoms with Crippen LogP contribution in [0.2, 0.25) is 0 Å². The van der Waals surface area contributed by atoms with Crippen LogP contribution in [0.3, 0.4) is 0 Å². The van der Waals surface area contributed by atoms with E-state index >= 15 is 0 Å². The van der Waals surface area contributed by atoms with Gasteiger partial charge in [-0.3, -0.25) is 0 Å². The van der Waals surface area contributed by atoms with Gasteiger partial charge in [-0.15, -0.1) is 0 Å². The van der Waals surface area contributed by atoms with Crippen molar-refractivity contribution >= 4 is 0 Å². The molecule has 0 atom stereocenters. The molecule has 1 rings (SSSR count). The van der Waals surface area contributed by atoms with Gasteiger partial charge in [-0.2, -0.15) is 0 Å². The Balaban J connectivity index is 0.000000461. The second-order valence-corrected chi connectivity index (χ2v) is 3.30. The van der Waals surface area contributed by atoms with Crippen LogP contribution in [0.25, 0.3) is 0 Å². The Labute approximate surface area is 71.8 Å². The van der Waals surface area contributed by atoms with Crippen LogP contribution >= 0.6 is 0 Å². The molecule has 0 bridgehead atoms. The van der Waals surface area contributed by atoms with Crippen LogP contribution in [0.5, 0.6) is 0 Å². The fourth-order valence-electron chi connectivity index (χ4n) is 1.48. The molecule has 1 nitrogen and oxygen atoms in total. The summed E-state index contributed by atoms with van der Waals surface area (Å²) in [6, 6.07) is 0.907. The first-order valence-corrected chi connectivity index (χ1v) is 4.94. The summed E-state index contributed by atoms with van der Waals surface area (Å²) in [5, 5.41) is 0. The lowest BCUT2D eigenvalue weighted by Gasteiger charge is -2.39. The van der Waals surface area contributed by atoms with Crippen molar-refractivity contribution in [1.29, 1.82) is 0 Å². The summed E-state index contributed by atoms with van der Waals surface area (Å²) in [6.45, 7) is 9.76. The molecule has 0 N–H and O–H groups in total. The third-order valence-corrected chi connectivity index (χ3v) is 2.47. The van der Waals surface area contributed by atoms with Gasteiger partial charge in [0.1, 0.15) is 0 Å². The van der Waals surface area contributed by atoms with Crippen molar-refractivity contribution in [2.24, 2.45) is 5.92 Å². The van der Waals surface area contributed by atoms with Crippen LogP contribution in [0.15, 0.2) is 0 Å². The van der Waals surface area contributed by atoms with Gasteiger partial charge in [-0.1, -0.05) is 27.7 Å². The molecule has 0 unspecified atom stereocenters. The van der Waals surface area contributed by atoms with E-state index in [4.69, 9.17) is 0 Å². The minimum atomic E-state index is 0.907. The number of hydrogen-bond donors (Lipinski definition) is 0. The van der Waals surface area contributed by atoms with Gasteiger partial charge in [0.05, 0.1) is 0 Å². The Hall–Kier alpha value is -0.0400. The summed E-state index contributed by atoms with van der Waals surface area (Å²) >= 11 is 0. The number of nitrogens with zero attached hydrogens (tertiary/aromatic N) is 1. The molecule has 0 aliphatic heterocycles. The van der Waals surface area contributed by atoms with Crippen molar-refractivity contribution < 1.29 is 0 Å². The first-order chi connectivity index (χ1) is 5.24. The molecule has 0 aromatic carbocycles. The predicted octanol–water partition coefficient (Wildman–Crippen LogP) is 2.76. The van der Waals surface area contributed by atoms with Crippen molar-refractivity contribution in [2.75, 3.05) is 13.6 Å². The minimum absolute atomic E-state index is 0.907. The highest BCUT2D eigenvalue weighted by molar-refractivity contribution is 4.82. The van der Waals surface area contributed by atoms with Crippen LogP contribution in [0, 0.1) is 5.92 Å². The molecule has 0 heterocycles. The maximum absolute atomic E-state index is 2.44. The summed E-state index contributed by atoms with van der Waals surface area (Å²) in [4.78, 5) is 2.44. The highest BCUT2D eigenvalue weighted by Crippen LogP contribution is 2.29. The molecule has 1 saturated carbocycles. The van der Waals surface area contributed by atoms with E-state index in [9.17, 15) is 0 Å². The van der Waals surface area contributed by atoms with Crippen LogP contribution in [-0.4, -0.2) is 24.5 Å². The molecule has 1 fully saturated rings. The lowest BCUT2D eigenvalue weighted by atomic mass is 9.81. The van der Waals surface area contributed by atoms with Crippen molar-refractivity contribution in [2.45, 2.75) is 46.6 Å². The average Bonchev–Trinajstić information content (AvgIpc) is 2.01. The van der Waals surface area contributed by atoms with E-state index in [-0.39, 0.29) is 0 Å². The monoisotopic (exact) mass is 157 g/mol. The second kappa shape index (κ2) is 5.59. The molecule has 0 saturated heterocycles. The molecule has 0 aromatic rings. The molecule has 0 aromatic heterocycles. The zero-order valence-corrected chi connectivity index (χ0v) is 8.72. The topological polar surface area (TPSA) is 3.24 Å². The van der Waals surface area contributed by atoms with Gasteiger partial charge in [0.15, 0.2) is 0 Å². The molecule has 0 radical (unpaired) electrons. The summed E-state index contributed by atoms with van der Waals surface area (Å²) in [7, 11) is 2.22. The molecule has 11 heavy (non-hydrogen) atoms. The standard InChI is InChI=1S/C8H17N.C2H6/c1-4-9(3)8-5-7(2)6-8;1-2/h7-8H,4-6H2,1-3H3;1-2H3. The van der Waals surface area contributed by atoms with Crippen LogP contribution in [0.1, 0.15) is 40.5 Å². The molecular weight excluding hydrogens is 134 g/mol.